The van der Waals surface area contributed by atoms with Gasteiger partial charge in [0.05, 0.1) is 17.3 Å². The highest BCUT2D eigenvalue weighted by molar-refractivity contribution is 5.87. The number of rotatable bonds is 8. The molecule has 6 nitrogen and oxygen atoms in total. The van der Waals surface area contributed by atoms with E-state index in [9.17, 15) is 9.59 Å². The molecule has 4 rings (SSSR count). The monoisotopic (exact) mass is 442 g/mol. The zero-order chi connectivity index (χ0) is 23.4. The minimum atomic E-state index is -0.120. The summed E-state index contributed by atoms with van der Waals surface area (Å²) in [5.41, 5.74) is 3.77. The summed E-state index contributed by atoms with van der Waals surface area (Å²) >= 11 is 0. The van der Waals surface area contributed by atoms with E-state index in [4.69, 9.17) is 0 Å². The lowest BCUT2D eigenvalue weighted by atomic mass is 10.0. The Morgan fingerprint density at radius 2 is 1.67 bits per heavy atom. The number of aromatic nitrogens is 3. The van der Waals surface area contributed by atoms with E-state index < -0.39 is 0 Å². The predicted molar refractivity (Wildman–Crippen MR) is 132 cm³/mol. The van der Waals surface area contributed by atoms with Crippen molar-refractivity contribution in [2.24, 2.45) is 0 Å². The molecule has 0 radical (unpaired) electrons. The maximum absolute atomic E-state index is 13.2. The second kappa shape index (κ2) is 9.86. The maximum Gasteiger partial charge on any atom is 0.281 e. The molecule has 1 unspecified atom stereocenters. The van der Waals surface area contributed by atoms with E-state index in [0.717, 1.165) is 22.5 Å². The van der Waals surface area contributed by atoms with Crippen LogP contribution in [0.3, 0.4) is 0 Å². The average Bonchev–Trinajstić information content (AvgIpc) is 3.09. The minimum absolute atomic E-state index is 0.0536. The van der Waals surface area contributed by atoms with Crippen molar-refractivity contribution in [3.05, 3.63) is 94.2 Å². The number of hydrogen-bond acceptors (Lipinski definition) is 3. The zero-order valence-electron chi connectivity index (χ0n) is 19.4. The van der Waals surface area contributed by atoms with Gasteiger partial charge in [-0.15, -0.1) is 0 Å². The van der Waals surface area contributed by atoms with Crippen LogP contribution in [0.25, 0.3) is 16.5 Å². The summed E-state index contributed by atoms with van der Waals surface area (Å²) in [6.07, 6.45) is 2.91. The van der Waals surface area contributed by atoms with Crippen LogP contribution in [0.1, 0.15) is 42.6 Å². The molecule has 6 heteroatoms. The van der Waals surface area contributed by atoms with Crippen LogP contribution in [0.15, 0.2) is 71.7 Å². The Morgan fingerprint density at radius 1 is 1.00 bits per heavy atom. The van der Waals surface area contributed by atoms with Gasteiger partial charge < -0.3 is 9.88 Å². The van der Waals surface area contributed by atoms with Gasteiger partial charge in [0.2, 0.25) is 5.91 Å². The highest BCUT2D eigenvalue weighted by Gasteiger charge is 2.17. The Balaban J connectivity index is 1.42. The van der Waals surface area contributed by atoms with Crippen LogP contribution in [0.5, 0.6) is 0 Å². The van der Waals surface area contributed by atoms with Gasteiger partial charge in [0, 0.05) is 36.3 Å². The predicted octanol–water partition coefficient (Wildman–Crippen LogP) is 4.50. The summed E-state index contributed by atoms with van der Waals surface area (Å²) in [7, 11) is 0. The molecule has 0 spiro atoms. The van der Waals surface area contributed by atoms with Crippen molar-refractivity contribution >= 4 is 16.7 Å². The molecule has 1 N–H and O–H groups in total. The third-order valence-electron chi connectivity index (χ3n) is 6.30. The van der Waals surface area contributed by atoms with Gasteiger partial charge in [0.15, 0.2) is 0 Å². The fourth-order valence-corrected chi connectivity index (χ4v) is 4.35. The standard InChI is InChI=1S/C27H30N4O2/c1-19(22-11-6-4-7-12-22)17-28-25(32)15-10-16-30-20(2)24-18-29-31(23-13-8-5-9-14-23)27(33)26(24)21(30)3/h4-9,11-14,18-19H,10,15-17H2,1-3H3,(H,28,32). The van der Waals surface area contributed by atoms with Gasteiger partial charge >= 0.3 is 0 Å². The molecule has 4 aromatic rings. The first-order valence-electron chi connectivity index (χ1n) is 11.4. The maximum atomic E-state index is 13.2. The van der Waals surface area contributed by atoms with E-state index >= 15 is 0 Å². The molecule has 0 fully saturated rings. The first-order valence-corrected chi connectivity index (χ1v) is 11.4. The largest absolute Gasteiger partial charge is 0.356 e. The van der Waals surface area contributed by atoms with Crippen molar-refractivity contribution in [3.63, 3.8) is 0 Å². The van der Waals surface area contributed by atoms with Crippen LogP contribution < -0.4 is 10.9 Å². The zero-order valence-corrected chi connectivity index (χ0v) is 19.4. The Bertz CT molecular complexity index is 1310. The number of fused-ring (bicyclic) bond motifs is 1. The molecule has 170 valence electrons. The first-order chi connectivity index (χ1) is 16.0. The van der Waals surface area contributed by atoms with Crippen molar-refractivity contribution in [1.82, 2.24) is 19.7 Å². The van der Waals surface area contributed by atoms with Gasteiger partial charge in [0.25, 0.3) is 5.56 Å². The highest BCUT2D eigenvalue weighted by atomic mass is 16.1. The number of benzene rings is 2. The Labute approximate surface area is 193 Å². The Hall–Kier alpha value is -3.67. The summed E-state index contributed by atoms with van der Waals surface area (Å²) in [6.45, 7) is 7.39. The second-order valence-electron chi connectivity index (χ2n) is 8.53. The van der Waals surface area contributed by atoms with Gasteiger partial charge in [-0.1, -0.05) is 55.5 Å². The number of nitrogens with one attached hydrogen (secondary N) is 1. The van der Waals surface area contributed by atoms with E-state index in [1.807, 2.05) is 62.4 Å². The number of aryl methyl sites for hydroxylation is 2. The van der Waals surface area contributed by atoms with Crippen molar-refractivity contribution in [3.8, 4) is 5.69 Å². The Morgan fingerprint density at radius 3 is 2.36 bits per heavy atom. The number of para-hydroxylation sites is 1. The van der Waals surface area contributed by atoms with Crippen molar-refractivity contribution in [2.75, 3.05) is 6.54 Å². The second-order valence-corrected chi connectivity index (χ2v) is 8.53. The fraction of sp³-hybridized carbons (Fsp3) is 0.296. The van der Waals surface area contributed by atoms with Crippen LogP contribution in [-0.2, 0) is 11.3 Å². The fourth-order valence-electron chi connectivity index (χ4n) is 4.35. The Kier molecular flexibility index (Phi) is 6.73. The molecule has 0 saturated carbocycles. The van der Waals surface area contributed by atoms with Crippen molar-refractivity contribution in [2.45, 2.75) is 46.1 Å². The summed E-state index contributed by atoms with van der Waals surface area (Å²) in [4.78, 5) is 25.6. The summed E-state index contributed by atoms with van der Waals surface area (Å²) in [6, 6.07) is 19.6. The third kappa shape index (κ3) is 4.75. The molecule has 0 aliphatic rings. The molecule has 2 heterocycles. The molecule has 0 bridgehead atoms. The van der Waals surface area contributed by atoms with Crippen LogP contribution in [0, 0.1) is 13.8 Å². The summed E-state index contributed by atoms with van der Waals surface area (Å²) in [5.74, 6) is 0.326. The van der Waals surface area contributed by atoms with Crippen molar-refractivity contribution < 1.29 is 4.79 Å². The lowest BCUT2D eigenvalue weighted by Crippen LogP contribution is -2.27. The van der Waals surface area contributed by atoms with Gasteiger partial charge in [-0.05, 0) is 43.9 Å². The topological polar surface area (TPSA) is 68.9 Å². The summed E-state index contributed by atoms with van der Waals surface area (Å²) in [5, 5.41) is 8.99. The van der Waals surface area contributed by atoms with E-state index in [2.05, 4.69) is 34.0 Å². The number of hydrogen-bond donors (Lipinski definition) is 1. The molecule has 1 amide bonds. The average molecular weight is 443 g/mol. The minimum Gasteiger partial charge on any atom is -0.356 e. The number of carbonyl (C=O) groups is 1. The quantitative estimate of drug-likeness (QED) is 0.437. The lowest BCUT2D eigenvalue weighted by molar-refractivity contribution is -0.121. The van der Waals surface area contributed by atoms with Gasteiger partial charge in [0.1, 0.15) is 0 Å². The highest BCUT2D eigenvalue weighted by Crippen LogP contribution is 2.23. The lowest BCUT2D eigenvalue weighted by Gasteiger charge is -2.13. The van der Waals surface area contributed by atoms with Crippen molar-refractivity contribution in [1.29, 1.82) is 0 Å². The third-order valence-corrected chi connectivity index (χ3v) is 6.30. The van der Waals surface area contributed by atoms with E-state index in [1.54, 1.807) is 6.20 Å². The van der Waals surface area contributed by atoms with Crippen LogP contribution in [0.4, 0.5) is 0 Å². The van der Waals surface area contributed by atoms with Crippen LogP contribution in [0.2, 0.25) is 0 Å². The van der Waals surface area contributed by atoms with E-state index in [0.29, 0.717) is 31.3 Å². The van der Waals surface area contributed by atoms with Gasteiger partial charge in [-0.25, -0.2) is 0 Å². The number of amides is 1. The molecular formula is C27H30N4O2. The van der Waals surface area contributed by atoms with E-state index in [1.165, 1.54) is 10.2 Å². The molecule has 0 saturated heterocycles. The molecule has 1 atom stereocenters. The molecule has 0 aliphatic heterocycles. The van der Waals surface area contributed by atoms with Gasteiger partial charge in [-0.3, -0.25) is 9.59 Å². The molecule has 2 aromatic carbocycles. The van der Waals surface area contributed by atoms with E-state index in [-0.39, 0.29) is 17.4 Å². The van der Waals surface area contributed by atoms with Crippen LogP contribution >= 0.6 is 0 Å². The molecule has 2 aromatic heterocycles. The SMILES string of the molecule is Cc1c2cnn(-c3ccccc3)c(=O)c2c(C)n1CCCC(=O)NCC(C)c1ccccc1. The molecule has 33 heavy (non-hydrogen) atoms. The smallest absolute Gasteiger partial charge is 0.281 e. The molecular weight excluding hydrogens is 412 g/mol. The molecule has 0 aliphatic carbocycles. The number of carbonyl (C=O) groups excluding carboxylic acids is 1. The first kappa shape index (κ1) is 22.5. The van der Waals surface area contributed by atoms with Gasteiger partial charge in [-0.2, -0.15) is 9.78 Å². The summed E-state index contributed by atoms with van der Waals surface area (Å²) < 4.78 is 3.57. The van der Waals surface area contributed by atoms with Crippen LogP contribution in [-0.4, -0.2) is 26.8 Å². The normalized spacial score (nSPS) is 12.1. The number of nitrogens with zero attached hydrogens (tertiary/aromatic N) is 3.